The summed E-state index contributed by atoms with van der Waals surface area (Å²) in [6, 6.07) is 5.74. The molecule has 1 atom stereocenters. The van der Waals surface area contributed by atoms with Crippen molar-refractivity contribution in [3.05, 3.63) is 42.0 Å². The molecule has 1 amide bonds. The number of rotatable bonds is 4. The molecule has 2 aromatic rings. The highest BCUT2D eigenvalue weighted by Gasteiger charge is 2.32. The number of ether oxygens (including phenoxy) is 1. The van der Waals surface area contributed by atoms with Gasteiger partial charge in [-0.15, -0.1) is 13.2 Å². The smallest absolute Gasteiger partial charge is 0.405 e. The first kappa shape index (κ1) is 16.3. The number of nitrogens with zero attached hydrogens (tertiary/aromatic N) is 3. The van der Waals surface area contributed by atoms with E-state index in [0.717, 1.165) is 5.82 Å². The molecule has 1 unspecified atom stereocenters. The zero-order chi connectivity index (χ0) is 17.2. The number of fused-ring (bicyclic) bond motifs is 1. The van der Waals surface area contributed by atoms with Crippen LogP contribution in [0.3, 0.4) is 0 Å². The number of aromatic nitrogens is 3. The third-order valence-corrected chi connectivity index (χ3v) is 3.83. The molecule has 0 radical (unpaired) electrons. The largest absolute Gasteiger partial charge is 0.573 e. The van der Waals surface area contributed by atoms with Gasteiger partial charge in [-0.1, -0.05) is 18.2 Å². The molecular weight excluding hydrogens is 325 g/mol. The van der Waals surface area contributed by atoms with Gasteiger partial charge in [0.2, 0.25) is 5.91 Å². The van der Waals surface area contributed by atoms with Crippen LogP contribution in [0.4, 0.5) is 13.2 Å². The Labute approximate surface area is 135 Å². The summed E-state index contributed by atoms with van der Waals surface area (Å²) >= 11 is 0. The Morgan fingerprint density at radius 3 is 2.96 bits per heavy atom. The van der Waals surface area contributed by atoms with Crippen LogP contribution in [0.2, 0.25) is 0 Å². The van der Waals surface area contributed by atoms with Crippen LogP contribution in [-0.4, -0.2) is 27.0 Å². The van der Waals surface area contributed by atoms with E-state index in [1.165, 1.54) is 24.5 Å². The van der Waals surface area contributed by atoms with Crippen molar-refractivity contribution in [2.45, 2.75) is 32.3 Å². The predicted octanol–water partition coefficient (Wildman–Crippen LogP) is 2.06. The summed E-state index contributed by atoms with van der Waals surface area (Å²) in [5.74, 6) is 0.0170. The number of carbonyl (C=O) groups excluding carboxylic acids is 1. The number of carbonyl (C=O) groups is 1. The van der Waals surface area contributed by atoms with Gasteiger partial charge in [0.1, 0.15) is 17.9 Å². The molecule has 3 rings (SSSR count). The van der Waals surface area contributed by atoms with Crippen molar-refractivity contribution in [1.82, 2.24) is 20.1 Å². The maximum Gasteiger partial charge on any atom is 0.573 e. The van der Waals surface area contributed by atoms with Crippen LogP contribution in [0.5, 0.6) is 5.75 Å². The molecule has 1 aromatic carbocycles. The van der Waals surface area contributed by atoms with Crippen LogP contribution in [0.15, 0.2) is 30.6 Å². The van der Waals surface area contributed by atoms with Crippen molar-refractivity contribution in [3.8, 4) is 5.75 Å². The molecule has 6 nitrogen and oxygen atoms in total. The number of hydrogen-bond donors (Lipinski definition) is 1. The molecule has 1 N–H and O–H groups in total. The van der Waals surface area contributed by atoms with Gasteiger partial charge in [0.15, 0.2) is 0 Å². The van der Waals surface area contributed by atoms with E-state index < -0.39 is 6.36 Å². The highest BCUT2D eigenvalue weighted by atomic mass is 19.4. The Morgan fingerprint density at radius 2 is 2.17 bits per heavy atom. The number of benzene rings is 1. The summed E-state index contributed by atoms with van der Waals surface area (Å²) in [5.41, 5.74) is 0.264. The molecule has 2 heterocycles. The van der Waals surface area contributed by atoms with Gasteiger partial charge in [0, 0.05) is 18.5 Å². The topological polar surface area (TPSA) is 69.0 Å². The summed E-state index contributed by atoms with van der Waals surface area (Å²) in [4.78, 5) is 16.4. The average Bonchev–Trinajstić information content (AvgIpc) is 2.99. The summed E-state index contributed by atoms with van der Waals surface area (Å²) in [7, 11) is 0. The molecule has 1 aromatic heterocycles. The van der Waals surface area contributed by atoms with Gasteiger partial charge < -0.3 is 10.1 Å². The molecule has 1 aliphatic heterocycles. The molecule has 0 saturated heterocycles. The maximum absolute atomic E-state index is 12.4. The van der Waals surface area contributed by atoms with E-state index >= 15 is 0 Å². The molecular formula is C15H15F3N4O2. The van der Waals surface area contributed by atoms with Crippen LogP contribution in [0.1, 0.15) is 17.8 Å². The minimum absolute atomic E-state index is 0.0359. The standard InChI is InChI=1S/C15H15F3N4O2/c16-15(17,18)24-12-4-2-1-3-10(12)7-19-14(23)11-5-6-13-20-9-21-22(13)8-11/h1-4,9,11H,5-8H2,(H,19,23). The van der Waals surface area contributed by atoms with Crippen LogP contribution in [0.25, 0.3) is 0 Å². The molecule has 0 saturated carbocycles. The second kappa shape index (κ2) is 6.50. The van der Waals surface area contributed by atoms with Crippen molar-refractivity contribution >= 4 is 5.91 Å². The highest BCUT2D eigenvalue weighted by Crippen LogP contribution is 2.26. The lowest BCUT2D eigenvalue weighted by molar-refractivity contribution is -0.274. The lowest BCUT2D eigenvalue weighted by Gasteiger charge is -2.22. The van der Waals surface area contributed by atoms with Gasteiger partial charge in [-0.2, -0.15) is 5.10 Å². The van der Waals surface area contributed by atoms with Gasteiger partial charge in [-0.3, -0.25) is 4.79 Å². The van der Waals surface area contributed by atoms with Crippen LogP contribution in [0, 0.1) is 5.92 Å². The first-order valence-corrected chi connectivity index (χ1v) is 7.40. The van der Waals surface area contributed by atoms with E-state index in [1.54, 1.807) is 10.7 Å². The Bertz CT molecular complexity index is 730. The monoisotopic (exact) mass is 340 g/mol. The van der Waals surface area contributed by atoms with Crippen molar-refractivity contribution in [2.24, 2.45) is 5.92 Å². The second-order valence-corrected chi connectivity index (χ2v) is 5.47. The minimum atomic E-state index is -4.77. The Hall–Kier alpha value is -2.58. The summed E-state index contributed by atoms with van der Waals surface area (Å²) in [6.07, 6.45) is -2.05. The molecule has 1 aliphatic rings. The molecule has 24 heavy (non-hydrogen) atoms. The number of aryl methyl sites for hydroxylation is 1. The van der Waals surface area contributed by atoms with E-state index in [-0.39, 0.29) is 29.7 Å². The van der Waals surface area contributed by atoms with E-state index in [4.69, 9.17) is 0 Å². The summed E-state index contributed by atoms with van der Waals surface area (Å²) in [5, 5.41) is 6.71. The van der Waals surface area contributed by atoms with Crippen molar-refractivity contribution < 1.29 is 22.7 Å². The Balaban J connectivity index is 1.61. The predicted molar refractivity (Wildman–Crippen MR) is 76.8 cm³/mol. The van der Waals surface area contributed by atoms with Gasteiger partial charge in [-0.25, -0.2) is 9.67 Å². The van der Waals surface area contributed by atoms with Gasteiger partial charge in [-0.05, 0) is 12.5 Å². The summed E-state index contributed by atoms with van der Waals surface area (Å²) in [6.45, 7) is 0.383. The fourth-order valence-corrected chi connectivity index (χ4v) is 2.65. The van der Waals surface area contributed by atoms with Crippen molar-refractivity contribution in [2.75, 3.05) is 0 Å². The third kappa shape index (κ3) is 3.84. The molecule has 128 valence electrons. The third-order valence-electron chi connectivity index (χ3n) is 3.83. The quantitative estimate of drug-likeness (QED) is 0.925. The van der Waals surface area contributed by atoms with Gasteiger partial charge in [0.05, 0.1) is 12.5 Å². The number of alkyl halides is 3. The number of hydrogen-bond acceptors (Lipinski definition) is 4. The lowest BCUT2D eigenvalue weighted by Crippen LogP contribution is -2.36. The highest BCUT2D eigenvalue weighted by molar-refractivity contribution is 5.78. The minimum Gasteiger partial charge on any atom is -0.405 e. The zero-order valence-corrected chi connectivity index (χ0v) is 12.6. The second-order valence-electron chi connectivity index (χ2n) is 5.47. The molecule has 9 heteroatoms. The van der Waals surface area contributed by atoms with Crippen LogP contribution >= 0.6 is 0 Å². The lowest BCUT2D eigenvalue weighted by atomic mass is 9.99. The van der Waals surface area contributed by atoms with Gasteiger partial charge >= 0.3 is 6.36 Å². The Morgan fingerprint density at radius 1 is 1.38 bits per heavy atom. The normalized spacial score (nSPS) is 17.2. The molecule has 0 fully saturated rings. The molecule has 0 bridgehead atoms. The summed E-state index contributed by atoms with van der Waals surface area (Å²) < 4.78 is 42.8. The number of halogens is 3. The van der Waals surface area contributed by atoms with Crippen LogP contribution < -0.4 is 10.1 Å². The van der Waals surface area contributed by atoms with Gasteiger partial charge in [0.25, 0.3) is 0 Å². The first-order chi connectivity index (χ1) is 11.4. The number of nitrogens with one attached hydrogen (secondary N) is 1. The fourth-order valence-electron chi connectivity index (χ4n) is 2.65. The Kier molecular flexibility index (Phi) is 4.41. The van der Waals surface area contributed by atoms with E-state index in [9.17, 15) is 18.0 Å². The molecule has 0 spiro atoms. The van der Waals surface area contributed by atoms with Crippen molar-refractivity contribution in [3.63, 3.8) is 0 Å². The van der Waals surface area contributed by atoms with Crippen LogP contribution in [-0.2, 0) is 24.3 Å². The SMILES string of the molecule is O=C(NCc1ccccc1OC(F)(F)F)C1CCc2ncnn2C1. The van der Waals surface area contributed by atoms with E-state index in [2.05, 4.69) is 20.1 Å². The number of para-hydroxylation sites is 1. The maximum atomic E-state index is 12.4. The average molecular weight is 340 g/mol. The van der Waals surface area contributed by atoms with E-state index in [1.807, 2.05) is 0 Å². The zero-order valence-electron chi connectivity index (χ0n) is 12.6. The molecule has 0 aliphatic carbocycles. The number of amides is 1. The first-order valence-electron chi connectivity index (χ1n) is 7.40. The van der Waals surface area contributed by atoms with Crippen molar-refractivity contribution in [1.29, 1.82) is 0 Å². The fraction of sp³-hybridized carbons (Fsp3) is 0.400. The van der Waals surface area contributed by atoms with E-state index in [0.29, 0.717) is 19.4 Å².